The number of fused-ring (bicyclic) bond motifs is 2. The van der Waals surface area contributed by atoms with E-state index in [-0.39, 0.29) is 47.7 Å². The maximum Gasteiger partial charge on any atom is 0.300 e. The molecule has 3 saturated heterocycles. The number of nitrogens with zero attached hydrogens (tertiary/aromatic N) is 8. The van der Waals surface area contributed by atoms with Gasteiger partial charge >= 0.3 is 0 Å². The first-order chi connectivity index (χ1) is 27.5. The standard InChI is InChI=1S/C38H35FN10O8/c1-19-14-20(6-8-40-19)35-42-25(18-56-35)33(52)41-24-15-27-31(44-32(24)48-9-7-22(50)17-48)45-38(57-27)47-12-10-46(11-13-47)16-21-2-3-23-29(30(21)39)37(55)49(36(23)54)26-4-5-28(51)43-34(26)53/h2-3,6,8,14-15,18,22,26,50H,4-5,7,9-13,16-17H2,1H3,(H,41,52)(H,43,51,53). The number of hydrogen-bond donors (Lipinski definition) is 3. The van der Waals surface area contributed by atoms with Crippen LogP contribution < -0.4 is 20.4 Å². The number of nitrogens with one attached hydrogen (secondary N) is 2. The fourth-order valence-electron chi connectivity index (χ4n) is 7.64. The third-order valence-corrected chi connectivity index (χ3v) is 10.6. The van der Waals surface area contributed by atoms with Crippen molar-refractivity contribution in [3.05, 3.63) is 76.7 Å². The molecule has 5 amide bonds. The van der Waals surface area contributed by atoms with Gasteiger partial charge in [-0.25, -0.2) is 14.4 Å². The molecule has 0 spiro atoms. The van der Waals surface area contributed by atoms with Gasteiger partial charge in [-0.2, -0.15) is 4.98 Å². The monoisotopic (exact) mass is 778 g/mol. The predicted molar refractivity (Wildman–Crippen MR) is 198 cm³/mol. The summed E-state index contributed by atoms with van der Waals surface area (Å²) in [6.45, 7) is 4.71. The van der Waals surface area contributed by atoms with Gasteiger partial charge in [0.1, 0.15) is 18.1 Å². The number of amides is 5. The van der Waals surface area contributed by atoms with Crippen molar-refractivity contribution in [1.82, 2.24) is 35.1 Å². The van der Waals surface area contributed by atoms with Crippen molar-refractivity contribution in [2.75, 3.05) is 54.4 Å². The number of piperidine rings is 1. The van der Waals surface area contributed by atoms with Gasteiger partial charge in [-0.15, -0.1) is 0 Å². The Morgan fingerprint density at radius 2 is 1.82 bits per heavy atom. The maximum atomic E-state index is 15.9. The number of oxazole rings is 2. The molecule has 4 aromatic heterocycles. The van der Waals surface area contributed by atoms with Crippen LogP contribution in [0.1, 0.15) is 61.7 Å². The summed E-state index contributed by atoms with van der Waals surface area (Å²) in [5.74, 6) is -3.58. The number of carbonyl (C=O) groups excluding carboxylic acids is 5. The second-order valence-corrected chi connectivity index (χ2v) is 14.4. The summed E-state index contributed by atoms with van der Waals surface area (Å²) >= 11 is 0. The first-order valence-electron chi connectivity index (χ1n) is 18.5. The lowest BCUT2D eigenvalue weighted by Gasteiger charge is -2.33. The van der Waals surface area contributed by atoms with E-state index in [4.69, 9.17) is 13.8 Å². The topological polar surface area (TPSA) is 220 Å². The van der Waals surface area contributed by atoms with Crippen molar-refractivity contribution in [3.63, 3.8) is 0 Å². The van der Waals surface area contributed by atoms with E-state index in [2.05, 4.69) is 25.6 Å². The quantitative estimate of drug-likeness (QED) is 0.192. The van der Waals surface area contributed by atoms with Crippen molar-refractivity contribution < 1.29 is 42.3 Å². The molecule has 2 unspecified atom stereocenters. The number of aliphatic hydroxyl groups is 1. The highest BCUT2D eigenvalue weighted by atomic mass is 19.1. The number of piperazine rings is 1. The SMILES string of the molecule is Cc1cc(-c2nc(C(=O)Nc3cc4oc(N5CCN(Cc6ccc7c(c6F)C(=O)N(C6CCC(=O)NC6=O)C7=O)CC5)nc4nc3N3CCC(O)C3)co2)ccn1. The zero-order valence-corrected chi connectivity index (χ0v) is 30.5. The third kappa shape index (κ3) is 6.63. The molecule has 5 aromatic rings. The fourth-order valence-corrected chi connectivity index (χ4v) is 7.64. The molecule has 19 heteroatoms. The van der Waals surface area contributed by atoms with E-state index in [0.29, 0.717) is 80.0 Å². The fraction of sp³-hybridized carbons (Fsp3) is 0.342. The summed E-state index contributed by atoms with van der Waals surface area (Å²) in [5, 5.41) is 15.3. The van der Waals surface area contributed by atoms with Crippen LogP contribution in [0.4, 0.5) is 21.9 Å². The van der Waals surface area contributed by atoms with Gasteiger partial charge in [0.25, 0.3) is 23.7 Å². The number of rotatable bonds is 8. The van der Waals surface area contributed by atoms with Crippen LogP contribution in [0.25, 0.3) is 22.7 Å². The van der Waals surface area contributed by atoms with Gasteiger partial charge in [0.2, 0.25) is 23.4 Å². The lowest BCUT2D eigenvalue weighted by Crippen LogP contribution is -2.54. The van der Waals surface area contributed by atoms with E-state index in [9.17, 15) is 29.1 Å². The normalized spacial score (nSPS) is 20.2. The van der Waals surface area contributed by atoms with Crippen molar-refractivity contribution in [2.24, 2.45) is 0 Å². The summed E-state index contributed by atoms with van der Waals surface area (Å²) in [6.07, 6.45) is 2.82. The first-order valence-corrected chi connectivity index (χ1v) is 18.5. The number of aryl methyl sites for hydroxylation is 1. The average Bonchev–Trinajstić information content (AvgIpc) is 4.00. The Labute approximate surface area is 322 Å². The second-order valence-electron chi connectivity index (χ2n) is 14.4. The zero-order valence-electron chi connectivity index (χ0n) is 30.5. The van der Waals surface area contributed by atoms with Gasteiger partial charge in [-0.05, 0) is 38.0 Å². The molecule has 4 aliphatic heterocycles. The Morgan fingerprint density at radius 3 is 2.58 bits per heavy atom. The van der Waals surface area contributed by atoms with Crippen LogP contribution in [0.15, 0.2) is 51.6 Å². The molecule has 1 aromatic carbocycles. The van der Waals surface area contributed by atoms with Crippen LogP contribution in [0.3, 0.4) is 0 Å². The number of aromatic nitrogens is 4. The molecule has 0 aliphatic carbocycles. The number of carbonyl (C=O) groups is 5. The molecule has 0 bridgehead atoms. The van der Waals surface area contributed by atoms with Crippen LogP contribution in [-0.4, -0.2) is 116 Å². The number of benzene rings is 1. The Bertz CT molecular complexity index is 2490. The van der Waals surface area contributed by atoms with Gasteiger partial charge < -0.3 is 29.1 Å². The first kappa shape index (κ1) is 36.1. The Hall–Kier alpha value is -6.60. The van der Waals surface area contributed by atoms with E-state index in [1.165, 1.54) is 18.4 Å². The molecule has 292 valence electrons. The molecule has 18 nitrogen and oxygen atoms in total. The van der Waals surface area contributed by atoms with Gasteiger partial charge in [0.15, 0.2) is 17.1 Å². The van der Waals surface area contributed by atoms with E-state index < -0.39 is 47.5 Å². The molecule has 3 N–H and O–H groups in total. The molecule has 57 heavy (non-hydrogen) atoms. The van der Waals surface area contributed by atoms with Gasteiger partial charge in [-0.3, -0.25) is 44.1 Å². The van der Waals surface area contributed by atoms with Crippen molar-refractivity contribution in [2.45, 2.75) is 44.9 Å². The van der Waals surface area contributed by atoms with E-state index >= 15 is 4.39 Å². The summed E-state index contributed by atoms with van der Waals surface area (Å²) in [4.78, 5) is 88.4. The zero-order chi connectivity index (χ0) is 39.5. The number of aliphatic hydroxyl groups excluding tert-OH is 1. The summed E-state index contributed by atoms with van der Waals surface area (Å²) < 4.78 is 27.6. The Kier molecular flexibility index (Phi) is 8.96. The summed E-state index contributed by atoms with van der Waals surface area (Å²) in [7, 11) is 0. The van der Waals surface area contributed by atoms with E-state index in [1.807, 2.05) is 21.6 Å². The molecular weight excluding hydrogens is 743 g/mol. The highest BCUT2D eigenvalue weighted by molar-refractivity contribution is 6.23. The number of β-amino-alcohol motifs (C(OH)–C–C–N with tert-alkyl or cyclic N) is 1. The minimum atomic E-state index is -1.19. The molecule has 0 saturated carbocycles. The lowest BCUT2D eigenvalue weighted by atomic mass is 10.0. The highest BCUT2D eigenvalue weighted by Gasteiger charge is 2.46. The van der Waals surface area contributed by atoms with E-state index in [1.54, 1.807) is 24.4 Å². The van der Waals surface area contributed by atoms with Crippen molar-refractivity contribution >= 4 is 58.3 Å². The van der Waals surface area contributed by atoms with Crippen LogP contribution in [0, 0.1) is 12.7 Å². The summed E-state index contributed by atoms with van der Waals surface area (Å²) in [5.41, 5.74) is 2.22. The van der Waals surface area contributed by atoms with Crippen molar-refractivity contribution in [1.29, 1.82) is 0 Å². The second kappa shape index (κ2) is 14.2. The third-order valence-electron chi connectivity index (χ3n) is 10.6. The van der Waals surface area contributed by atoms with E-state index in [0.717, 1.165) is 10.6 Å². The molecular formula is C38H35FN10O8. The summed E-state index contributed by atoms with van der Waals surface area (Å²) in [6, 6.07) is 7.18. The Balaban J connectivity index is 0.894. The molecule has 9 rings (SSSR count). The molecule has 0 radical (unpaired) electrons. The minimum absolute atomic E-state index is 0.0229. The molecule has 2 atom stereocenters. The predicted octanol–water partition coefficient (Wildman–Crippen LogP) is 2.27. The van der Waals surface area contributed by atoms with Crippen molar-refractivity contribution in [3.8, 4) is 11.5 Å². The Morgan fingerprint density at radius 1 is 1.00 bits per heavy atom. The lowest BCUT2D eigenvalue weighted by molar-refractivity contribution is -0.136. The number of pyridine rings is 2. The average molecular weight is 779 g/mol. The van der Waals surface area contributed by atoms with Crippen LogP contribution >= 0.6 is 0 Å². The smallest absolute Gasteiger partial charge is 0.300 e. The van der Waals surface area contributed by atoms with Gasteiger partial charge in [0.05, 0.1) is 22.9 Å². The van der Waals surface area contributed by atoms with Gasteiger partial charge in [-0.1, -0.05) is 6.07 Å². The number of halogens is 1. The van der Waals surface area contributed by atoms with Crippen LogP contribution in [-0.2, 0) is 16.1 Å². The molecule has 3 fully saturated rings. The maximum absolute atomic E-state index is 15.9. The molecule has 4 aliphatic rings. The van der Waals surface area contributed by atoms with Gasteiger partial charge in [0, 0.05) is 81.3 Å². The number of anilines is 3. The highest BCUT2D eigenvalue weighted by Crippen LogP contribution is 2.34. The number of hydrogen-bond acceptors (Lipinski definition) is 15. The van der Waals surface area contributed by atoms with Crippen LogP contribution in [0.2, 0.25) is 0 Å². The molecule has 8 heterocycles. The minimum Gasteiger partial charge on any atom is -0.444 e. The number of imide groups is 2. The van der Waals surface area contributed by atoms with Crippen LogP contribution in [0.5, 0.6) is 0 Å². The largest absolute Gasteiger partial charge is 0.444 e.